The summed E-state index contributed by atoms with van der Waals surface area (Å²) in [6, 6.07) is 9.43. The largest absolute Gasteiger partial charge is 0.495 e. The van der Waals surface area contributed by atoms with Crippen molar-refractivity contribution in [2.75, 3.05) is 11.8 Å². The highest BCUT2D eigenvalue weighted by Gasteiger charge is 2.18. The molecule has 0 fully saturated rings. The van der Waals surface area contributed by atoms with Crippen LogP contribution in [-0.4, -0.2) is 21.3 Å². The summed E-state index contributed by atoms with van der Waals surface area (Å²) in [7, 11) is -2.33. The number of ether oxygens (including phenoxy) is 1. The number of anilines is 1. The molecule has 0 aromatic heterocycles. The van der Waals surface area contributed by atoms with Crippen molar-refractivity contribution < 1.29 is 17.9 Å². The number of Topliss-reactive ketones (excluding diaryl/α,β-unsaturated/α-hetero) is 1. The van der Waals surface area contributed by atoms with Gasteiger partial charge in [-0.3, -0.25) is 9.52 Å². The zero-order valence-electron chi connectivity index (χ0n) is 13.5. The lowest BCUT2D eigenvalue weighted by Crippen LogP contribution is -2.14. The third-order valence-electron chi connectivity index (χ3n) is 3.61. The predicted octanol–water partition coefficient (Wildman–Crippen LogP) is 3.32. The first-order chi connectivity index (χ1) is 10.7. The van der Waals surface area contributed by atoms with Gasteiger partial charge >= 0.3 is 0 Å². The van der Waals surface area contributed by atoms with E-state index < -0.39 is 10.0 Å². The van der Waals surface area contributed by atoms with Crippen molar-refractivity contribution in [3.05, 3.63) is 53.1 Å². The summed E-state index contributed by atoms with van der Waals surface area (Å²) in [4.78, 5) is 11.5. The highest BCUT2D eigenvalue weighted by atomic mass is 32.2. The second-order valence-corrected chi connectivity index (χ2v) is 7.01. The van der Waals surface area contributed by atoms with Crippen LogP contribution in [0.3, 0.4) is 0 Å². The third-order valence-corrected chi connectivity index (χ3v) is 4.97. The van der Waals surface area contributed by atoms with E-state index in [2.05, 4.69) is 4.72 Å². The molecule has 122 valence electrons. The smallest absolute Gasteiger partial charge is 0.262 e. The van der Waals surface area contributed by atoms with E-state index in [9.17, 15) is 13.2 Å². The first-order valence-electron chi connectivity index (χ1n) is 7.03. The van der Waals surface area contributed by atoms with Crippen LogP contribution < -0.4 is 9.46 Å². The van der Waals surface area contributed by atoms with Gasteiger partial charge in [0, 0.05) is 5.56 Å². The number of carbonyl (C=O) groups excluding carboxylic acids is 1. The monoisotopic (exact) mass is 333 g/mol. The molecule has 0 heterocycles. The molecule has 0 saturated heterocycles. The van der Waals surface area contributed by atoms with Crippen molar-refractivity contribution in [2.45, 2.75) is 25.7 Å². The molecular weight excluding hydrogens is 314 g/mol. The van der Waals surface area contributed by atoms with E-state index in [1.807, 2.05) is 13.8 Å². The molecule has 0 spiro atoms. The minimum Gasteiger partial charge on any atom is -0.495 e. The molecule has 0 aliphatic heterocycles. The van der Waals surface area contributed by atoms with Gasteiger partial charge in [-0.05, 0) is 56.2 Å². The lowest BCUT2D eigenvalue weighted by Gasteiger charge is -2.14. The Morgan fingerprint density at radius 1 is 1.09 bits per heavy atom. The summed E-state index contributed by atoms with van der Waals surface area (Å²) in [5.74, 6) is 0.255. The molecule has 1 N–H and O–H groups in total. The summed E-state index contributed by atoms with van der Waals surface area (Å²) in [6.07, 6.45) is 0. The summed E-state index contributed by atoms with van der Waals surface area (Å²) in [6.45, 7) is 5.21. The zero-order chi connectivity index (χ0) is 17.2. The zero-order valence-corrected chi connectivity index (χ0v) is 14.3. The van der Waals surface area contributed by atoms with E-state index in [1.165, 1.54) is 26.2 Å². The first-order valence-corrected chi connectivity index (χ1v) is 8.52. The van der Waals surface area contributed by atoms with Gasteiger partial charge in [0.25, 0.3) is 10.0 Å². The van der Waals surface area contributed by atoms with E-state index in [4.69, 9.17) is 4.74 Å². The topological polar surface area (TPSA) is 72.5 Å². The average Bonchev–Trinajstić information content (AvgIpc) is 2.50. The van der Waals surface area contributed by atoms with Gasteiger partial charge in [-0.1, -0.05) is 12.1 Å². The van der Waals surface area contributed by atoms with Crippen molar-refractivity contribution in [1.82, 2.24) is 0 Å². The lowest BCUT2D eigenvalue weighted by molar-refractivity contribution is 0.101. The van der Waals surface area contributed by atoms with Gasteiger partial charge in [0.1, 0.15) is 5.75 Å². The van der Waals surface area contributed by atoms with Gasteiger partial charge in [0.05, 0.1) is 17.7 Å². The highest BCUT2D eigenvalue weighted by molar-refractivity contribution is 7.92. The normalized spacial score (nSPS) is 11.1. The Hall–Kier alpha value is -2.34. The number of nitrogens with one attached hydrogen (secondary N) is 1. The van der Waals surface area contributed by atoms with Crippen molar-refractivity contribution in [2.24, 2.45) is 0 Å². The molecule has 0 amide bonds. The van der Waals surface area contributed by atoms with E-state index in [0.717, 1.165) is 11.1 Å². The molecule has 2 aromatic rings. The molecule has 5 nitrogen and oxygen atoms in total. The van der Waals surface area contributed by atoms with Crippen LogP contribution >= 0.6 is 0 Å². The molecule has 0 atom stereocenters. The van der Waals surface area contributed by atoms with Crippen LogP contribution in [0.2, 0.25) is 0 Å². The highest BCUT2D eigenvalue weighted by Crippen LogP contribution is 2.30. The number of methoxy groups -OCH3 is 1. The van der Waals surface area contributed by atoms with Crippen molar-refractivity contribution in [3.8, 4) is 5.75 Å². The van der Waals surface area contributed by atoms with Crippen molar-refractivity contribution in [1.29, 1.82) is 0 Å². The van der Waals surface area contributed by atoms with Crippen molar-refractivity contribution in [3.63, 3.8) is 0 Å². The molecular formula is C17H19NO4S. The second kappa shape index (κ2) is 6.42. The fraction of sp³-hybridized carbons (Fsp3) is 0.235. The van der Waals surface area contributed by atoms with Gasteiger partial charge in [0.2, 0.25) is 0 Å². The Morgan fingerprint density at radius 3 is 2.35 bits per heavy atom. The number of ketones is 1. The fourth-order valence-corrected chi connectivity index (χ4v) is 3.23. The van der Waals surface area contributed by atoms with Crippen LogP contribution in [-0.2, 0) is 10.0 Å². The van der Waals surface area contributed by atoms with Crippen LogP contribution in [0.15, 0.2) is 41.3 Å². The molecule has 0 saturated carbocycles. The minimum absolute atomic E-state index is 0.0329. The number of rotatable bonds is 5. The minimum atomic E-state index is -3.81. The van der Waals surface area contributed by atoms with Gasteiger partial charge < -0.3 is 4.74 Å². The summed E-state index contributed by atoms with van der Waals surface area (Å²) < 4.78 is 32.9. The summed E-state index contributed by atoms with van der Waals surface area (Å²) in [5, 5.41) is 0. The maximum absolute atomic E-state index is 12.6. The number of aryl methyl sites for hydroxylation is 2. The Kier molecular flexibility index (Phi) is 4.75. The number of benzene rings is 2. The van der Waals surface area contributed by atoms with Gasteiger partial charge in [-0.2, -0.15) is 0 Å². The summed E-state index contributed by atoms with van der Waals surface area (Å²) in [5.41, 5.74) is 2.66. The van der Waals surface area contributed by atoms with Crippen LogP contribution in [0.1, 0.15) is 28.4 Å². The molecule has 0 radical (unpaired) electrons. The fourth-order valence-electron chi connectivity index (χ4n) is 2.12. The molecule has 0 aliphatic carbocycles. The van der Waals surface area contributed by atoms with Crippen LogP contribution in [0.25, 0.3) is 0 Å². The molecule has 23 heavy (non-hydrogen) atoms. The quantitative estimate of drug-likeness (QED) is 0.852. The third kappa shape index (κ3) is 3.71. The standard InChI is InChI=1S/C17H19NO4S/c1-11-8-16(17(22-4)9-12(11)2)18-23(20,21)15-7-5-6-14(10-15)13(3)19/h5-10,18H,1-4H3. The maximum Gasteiger partial charge on any atom is 0.262 e. The van der Waals surface area contributed by atoms with Gasteiger partial charge in [0.15, 0.2) is 5.78 Å². The number of sulfonamides is 1. The van der Waals surface area contributed by atoms with E-state index in [1.54, 1.807) is 24.3 Å². The van der Waals surface area contributed by atoms with Gasteiger partial charge in [-0.25, -0.2) is 8.42 Å². The molecule has 6 heteroatoms. The molecule has 0 bridgehead atoms. The molecule has 2 rings (SSSR count). The van der Waals surface area contributed by atoms with Gasteiger partial charge in [-0.15, -0.1) is 0 Å². The average molecular weight is 333 g/mol. The number of hydrogen-bond acceptors (Lipinski definition) is 4. The Morgan fingerprint density at radius 2 is 1.74 bits per heavy atom. The summed E-state index contributed by atoms with van der Waals surface area (Å²) >= 11 is 0. The van der Waals surface area contributed by atoms with Crippen molar-refractivity contribution >= 4 is 21.5 Å². The maximum atomic E-state index is 12.6. The molecule has 0 unspecified atom stereocenters. The lowest BCUT2D eigenvalue weighted by atomic mass is 10.1. The van der Waals surface area contributed by atoms with Crippen LogP contribution in [0, 0.1) is 13.8 Å². The van der Waals surface area contributed by atoms with Crippen LogP contribution in [0.4, 0.5) is 5.69 Å². The molecule has 2 aromatic carbocycles. The van der Waals surface area contributed by atoms with E-state index in [0.29, 0.717) is 17.0 Å². The Labute approximate surface area is 136 Å². The van der Waals surface area contributed by atoms with E-state index in [-0.39, 0.29) is 10.7 Å². The number of carbonyl (C=O) groups is 1. The SMILES string of the molecule is COc1cc(C)c(C)cc1NS(=O)(=O)c1cccc(C(C)=O)c1. The second-order valence-electron chi connectivity index (χ2n) is 5.33. The Bertz CT molecular complexity index is 857. The molecule has 0 aliphatic rings. The van der Waals surface area contributed by atoms with E-state index >= 15 is 0 Å². The number of hydrogen-bond donors (Lipinski definition) is 1. The predicted molar refractivity (Wildman–Crippen MR) is 89.7 cm³/mol. The van der Waals surface area contributed by atoms with Crippen LogP contribution in [0.5, 0.6) is 5.75 Å². The Balaban J connectivity index is 2.45. The first kappa shape index (κ1) is 17.0.